The zero-order chi connectivity index (χ0) is 32.1. The summed E-state index contributed by atoms with van der Waals surface area (Å²) >= 11 is 0. The van der Waals surface area contributed by atoms with E-state index in [1.807, 2.05) is 0 Å². The smallest absolute Gasteiger partial charge is 0.137 e. The molecule has 11 aromatic rings. The minimum absolute atomic E-state index is 0.894. The molecular formula is C46H28N2O. The summed E-state index contributed by atoms with van der Waals surface area (Å²) in [5.74, 6) is 0. The summed E-state index contributed by atoms with van der Waals surface area (Å²) in [7, 11) is 0. The Morgan fingerprint density at radius 3 is 1.53 bits per heavy atom. The quantitative estimate of drug-likeness (QED) is 0.192. The van der Waals surface area contributed by atoms with Crippen molar-refractivity contribution in [1.29, 1.82) is 0 Å². The number of furan rings is 1. The first kappa shape index (κ1) is 26.5. The molecule has 11 rings (SSSR count). The summed E-state index contributed by atoms with van der Waals surface area (Å²) in [6, 6.07) is 61.3. The van der Waals surface area contributed by atoms with Gasteiger partial charge in [0, 0.05) is 49.8 Å². The van der Waals surface area contributed by atoms with Crippen LogP contribution < -0.4 is 0 Å². The molecule has 0 bridgehead atoms. The Bertz CT molecular complexity index is 3090. The van der Waals surface area contributed by atoms with Crippen LogP contribution in [0.4, 0.5) is 0 Å². The minimum atomic E-state index is 0.894. The predicted molar refractivity (Wildman–Crippen MR) is 205 cm³/mol. The Morgan fingerprint density at radius 1 is 0.306 bits per heavy atom. The topological polar surface area (TPSA) is 23.0 Å². The molecule has 0 amide bonds. The third-order valence-electron chi connectivity index (χ3n) is 10.3. The molecule has 0 spiro atoms. The van der Waals surface area contributed by atoms with Crippen LogP contribution in [0.25, 0.3) is 98.8 Å². The van der Waals surface area contributed by atoms with Gasteiger partial charge in [-0.05, 0) is 82.6 Å². The maximum Gasteiger partial charge on any atom is 0.137 e. The fourth-order valence-corrected chi connectivity index (χ4v) is 8.01. The van der Waals surface area contributed by atoms with E-state index in [4.69, 9.17) is 4.42 Å². The molecule has 3 nitrogen and oxygen atoms in total. The van der Waals surface area contributed by atoms with E-state index in [1.54, 1.807) is 0 Å². The molecule has 3 heterocycles. The molecule has 0 N–H and O–H groups in total. The third-order valence-corrected chi connectivity index (χ3v) is 10.3. The van der Waals surface area contributed by atoms with Crippen LogP contribution in [0.1, 0.15) is 0 Å². The predicted octanol–water partition coefficient (Wildman–Crippen LogP) is 12.6. The minimum Gasteiger partial charge on any atom is -0.456 e. The Labute approximate surface area is 281 Å². The Kier molecular flexibility index (Phi) is 5.38. The molecule has 3 heteroatoms. The molecule has 0 aliphatic carbocycles. The molecule has 228 valence electrons. The van der Waals surface area contributed by atoms with Gasteiger partial charge in [-0.25, -0.2) is 0 Å². The maximum absolute atomic E-state index is 6.52. The van der Waals surface area contributed by atoms with Crippen molar-refractivity contribution < 1.29 is 4.42 Å². The molecule has 8 aromatic carbocycles. The average Bonchev–Trinajstić information content (AvgIpc) is 3.80. The van der Waals surface area contributed by atoms with Crippen LogP contribution in [0.15, 0.2) is 174 Å². The largest absolute Gasteiger partial charge is 0.456 e. The van der Waals surface area contributed by atoms with E-state index < -0.39 is 0 Å². The Hall–Kier alpha value is -6.58. The second kappa shape index (κ2) is 9.96. The SMILES string of the molecule is c1ccc(-c2ccc(-n3c4ccccc4c4cc5c(cc43)c3ccccc3n5-c3ccc4c(c3)oc3cc5ccccc5cc34)cc2)cc1. The normalized spacial score (nSPS) is 12.1. The highest BCUT2D eigenvalue weighted by Gasteiger charge is 2.19. The van der Waals surface area contributed by atoms with Crippen LogP contribution in [-0.2, 0) is 0 Å². The van der Waals surface area contributed by atoms with E-state index in [-0.39, 0.29) is 0 Å². The van der Waals surface area contributed by atoms with Gasteiger partial charge in [0.1, 0.15) is 11.2 Å². The van der Waals surface area contributed by atoms with Gasteiger partial charge in [0.2, 0.25) is 0 Å². The van der Waals surface area contributed by atoms with E-state index in [0.29, 0.717) is 0 Å². The van der Waals surface area contributed by atoms with Crippen molar-refractivity contribution in [2.24, 2.45) is 0 Å². The zero-order valence-corrected chi connectivity index (χ0v) is 26.5. The summed E-state index contributed by atoms with van der Waals surface area (Å²) in [5, 5.41) is 9.61. The summed E-state index contributed by atoms with van der Waals surface area (Å²) in [6.07, 6.45) is 0. The number of hydrogen-bond donors (Lipinski definition) is 0. The Morgan fingerprint density at radius 2 is 0.837 bits per heavy atom. The Balaban J connectivity index is 1.15. The van der Waals surface area contributed by atoms with Crippen molar-refractivity contribution in [3.63, 3.8) is 0 Å². The third kappa shape index (κ3) is 3.84. The lowest BCUT2D eigenvalue weighted by Gasteiger charge is -2.10. The lowest BCUT2D eigenvalue weighted by molar-refractivity contribution is 0.669. The van der Waals surface area contributed by atoms with Gasteiger partial charge in [-0.15, -0.1) is 0 Å². The molecule has 0 aliphatic heterocycles. The highest BCUT2D eigenvalue weighted by molar-refractivity contribution is 6.19. The summed E-state index contributed by atoms with van der Waals surface area (Å²) in [6.45, 7) is 0. The number of aromatic nitrogens is 2. The van der Waals surface area contributed by atoms with Crippen molar-refractivity contribution in [2.45, 2.75) is 0 Å². The highest BCUT2D eigenvalue weighted by Crippen LogP contribution is 2.41. The standard InChI is InChI=1S/C46H28N2O/c1-2-10-29(11-3-1)30-18-20-33(21-19-30)47-41-16-8-6-14-35(41)38-28-44-39(27-43(38)47)36-15-7-9-17-42(36)48(44)34-22-23-37-40-24-31-12-4-5-13-32(31)25-45(40)49-46(37)26-34/h1-28H. The zero-order valence-electron chi connectivity index (χ0n) is 26.5. The molecule has 0 saturated carbocycles. The molecular weight excluding hydrogens is 597 g/mol. The second-order valence-electron chi connectivity index (χ2n) is 13.0. The number of rotatable bonds is 3. The number of nitrogens with zero attached hydrogens (tertiary/aromatic N) is 2. The second-order valence-corrected chi connectivity index (χ2v) is 13.0. The first-order valence-corrected chi connectivity index (χ1v) is 16.8. The molecule has 0 unspecified atom stereocenters. The summed E-state index contributed by atoms with van der Waals surface area (Å²) < 4.78 is 11.3. The number of benzene rings is 8. The van der Waals surface area contributed by atoms with Crippen LogP contribution >= 0.6 is 0 Å². The van der Waals surface area contributed by atoms with Crippen molar-refractivity contribution in [2.75, 3.05) is 0 Å². The van der Waals surface area contributed by atoms with Gasteiger partial charge in [-0.1, -0.05) is 103 Å². The molecule has 0 saturated heterocycles. The van der Waals surface area contributed by atoms with Crippen LogP contribution in [0.2, 0.25) is 0 Å². The van der Waals surface area contributed by atoms with Crippen LogP contribution in [0.5, 0.6) is 0 Å². The summed E-state index contributed by atoms with van der Waals surface area (Å²) in [4.78, 5) is 0. The van der Waals surface area contributed by atoms with Crippen molar-refractivity contribution in [3.8, 4) is 22.5 Å². The molecule has 0 radical (unpaired) electrons. The maximum atomic E-state index is 6.52. The molecule has 0 aliphatic rings. The van der Waals surface area contributed by atoms with Crippen LogP contribution in [-0.4, -0.2) is 9.13 Å². The first-order chi connectivity index (χ1) is 24.3. The lowest BCUT2D eigenvalue weighted by atomic mass is 10.1. The molecule has 3 aromatic heterocycles. The van der Waals surface area contributed by atoms with Gasteiger partial charge in [0.25, 0.3) is 0 Å². The van der Waals surface area contributed by atoms with Gasteiger partial charge in [-0.3, -0.25) is 0 Å². The first-order valence-electron chi connectivity index (χ1n) is 16.8. The average molecular weight is 625 g/mol. The van der Waals surface area contributed by atoms with E-state index in [9.17, 15) is 0 Å². The fourth-order valence-electron chi connectivity index (χ4n) is 8.01. The number of para-hydroxylation sites is 2. The summed E-state index contributed by atoms with van der Waals surface area (Å²) in [5.41, 5.74) is 11.2. The number of hydrogen-bond acceptors (Lipinski definition) is 1. The van der Waals surface area contributed by atoms with Gasteiger partial charge < -0.3 is 13.6 Å². The number of fused-ring (bicyclic) bond motifs is 10. The van der Waals surface area contributed by atoms with Crippen LogP contribution in [0, 0.1) is 0 Å². The monoisotopic (exact) mass is 624 g/mol. The van der Waals surface area contributed by atoms with E-state index in [2.05, 4.69) is 179 Å². The molecule has 49 heavy (non-hydrogen) atoms. The van der Waals surface area contributed by atoms with Crippen molar-refractivity contribution >= 4 is 76.3 Å². The highest BCUT2D eigenvalue weighted by atomic mass is 16.3. The van der Waals surface area contributed by atoms with Crippen molar-refractivity contribution in [1.82, 2.24) is 9.13 Å². The van der Waals surface area contributed by atoms with Crippen LogP contribution in [0.3, 0.4) is 0 Å². The van der Waals surface area contributed by atoms with E-state index in [1.165, 1.54) is 65.5 Å². The molecule has 0 fully saturated rings. The van der Waals surface area contributed by atoms with Gasteiger partial charge >= 0.3 is 0 Å². The van der Waals surface area contributed by atoms with E-state index in [0.717, 1.165) is 33.3 Å². The van der Waals surface area contributed by atoms with Gasteiger partial charge in [-0.2, -0.15) is 0 Å². The molecule has 0 atom stereocenters. The van der Waals surface area contributed by atoms with Gasteiger partial charge in [0.05, 0.1) is 22.1 Å². The van der Waals surface area contributed by atoms with E-state index >= 15 is 0 Å². The fraction of sp³-hybridized carbons (Fsp3) is 0. The lowest BCUT2D eigenvalue weighted by Crippen LogP contribution is -1.95. The van der Waals surface area contributed by atoms with Crippen molar-refractivity contribution in [3.05, 3.63) is 170 Å². The van der Waals surface area contributed by atoms with Gasteiger partial charge in [0.15, 0.2) is 0 Å².